The number of carbonyl (C=O) groups excluding carboxylic acids is 1. The summed E-state index contributed by atoms with van der Waals surface area (Å²) in [5.74, 6) is 0.568. The molecule has 2 aromatic heterocycles. The Hall–Kier alpha value is -1.82. The average Bonchev–Trinajstić information content (AvgIpc) is 3.26. The van der Waals surface area contributed by atoms with Gasteiger partial charge in [0.25, 0.3) is 0 Å². The van der Waals surface area contributed by atoms with E-state index in [1.165, 1.54) is 30.6 Å². The first-order valence-electron chi connectivity index (χ1n) is 7.86. The molecule has 0 saturated heterocycles. The predicted octanol–water partition coefficient (Wildman–Crippen LogP) is 3.18. The number of urea groups is 1. The van der Waals surface area contributed by atoms with Gasteiger partial charge < -0.3 is 15.2 Å². The van der Waals surface area contributed by atoms with Crippen molar-refractivity contribution in [2.45, 2.75) is 38.3 Å². The van der Waals surface area contributed by atoms with Gasteiger partial charge in [0.15, 0.2) is 0 Å². The van der Waals surface area contributed by atoms with Crippen molar-refractivity contribution < 1.29 is 4.79 Å². The predicted molar refractivity (Wildman–Crippen MR) is 87.8 cm³/mol. The highest BCUT2D eigenvalue weighted by Crippen LogP contribution is 2.37. The molecule has 0 unspecified atom stereocenters. The normalized spacial score (nSPS) is 16.5. The Kier molecular flexibility index (Phi) is 5.11. The van der Waals surface area contributed by atoms with E-state index in [-0.39, 0.29) is 12.1 Å². The molecule has 0 aliphatic heterocycles. The quantitative estimate of drug-likeness (QED) is 0.859. The van der Waals surface area contributed by atoms with E-state index in [2.05, 4.69) is 33.1 Å². The van der Waals surface area contributed by atoms with Crippen LogP contribution in [-0.2, 0) is 6.54 Å². The van der Waals surface area contributed by atoms with E-state index in [1.807, 2.05) is 10.8 Å². The fraction of sp³-hybridized carbons (Fsp3) is 0.500. The molecule has 0 spiro atoms. The van der Waals surface area contributed by atoms with Gasteiger partial charge in [0, 0.05) is 30.4 Å². The summed E-state index contributed by atoms with van der Waals surface area (Å²) < 4.78 is 1.95. The fourth-order valence-electron chi connectivity index (χ4n) is 3.09. The van der Waals surface area contributed by atoms with Crippen LogP contribution in [0.4, 0.5) is 4.79 Å². The maximum absolute atomic E-state index is 12.2. The molecule has 2 heterocycles. The molecule has 0 radical (unpaired) electrons. The molecule has 22 heavy (non-hydrogen) atoms. The third-order valence-electron chi connectivity index (χ3n) is 4.22. The summed E-state index contributed by atoms with van der Waals surface area (Å²) in [6.45, 7) is 1.34. The van der Waals surface area contributed by atoms with Gasteiger partial charge in [-0.1, -0.05) is 18.9 Å². The van der Waals surface area contributed by atoms with Crippen LogP contribution in [0.25, 0.3) is 0 Å². The van der Waals surface area contributed by atoms with Crippen LogP contribution in [0.3, 0.4) is 0 Å². The molecule has 1 aliphatic rings. The fourth-order valence-corrected chi connectivity index (χ4v) is 3.96. The number of nitrogens with one attached hydrogen (secondary N) is 2. The first-order valence-corrected chi connectivity index (χ1v) is 8.74. The van der Waals surface area contributed by atoms with Crippen LogP contribution >= 0.6 is 11.3 Å². The third-order valence-corrected chi connectivity index (χ3v) is 5.18. The average molecular weight is 318 g/mol. The van der Waals surface area contributed by atoms with Crippen molar-refractivity contribution in [2.24, 2.45) is 5.92 Å². The number of carbonyl (C=O) groups is 1. The largest absolute Gasteiger partial charge is 0.336 e. The molecular weight excluding hydrogens is 296 g/mol. The van der Waals surface area contributed by atoms with Crippen molar-refractivity contribution in [3.63, 3.8) is 0 Å². The molecule has 1 saturated carbocycles. The second-order valence-corrected chi connectivity index (χ2v) is 6.72. The van der Waals surface area contributed by atoms with Gasteiger partial charge >= 0.3 is 6.03 Å². The first kappa shape index (κ1) is 15.1. The molecule has 1 fully saturated rings. The van der Waals surface area contributed by atoms with Gasteiger partial charge in [-0.15, -0.1) is 11.3 Å². The number of hydrogen-bond acceptors (Lipinski definition) is 3. The summed E-state index contributed by atoms with van der Waals surface area (Å²) in [4.78, 5) is 17.4. The van der Waals surface area contributed by atoms with Crippen LogP contribution < -0.4 is 10.6 Å². The Bertz CT molecular complexity index is 561. The van der Waals surface area contributed by atoms with E-state index in [9.17, 15) is 4.79 Å². The number of nitrogens with zero attached hydrogens (tertiary/aromatic N) is 2. The summed E-state index contributed by atoms with van der Waals surface area (Å²) >= 11 is 1.73. The lowest BCUT2D eigenvalue weighted by atomic mass is 9.97. The number of hydrogen-bond donors (Lipinski definition) is 2. The summed E-state index contributed by atoms with van der Waals surface area (Å²) in [5.41, 5.74) is 0. The molecule has 6 heteroatoms. The van der Waals surface area contributed by atoms with E-state index in [1.54, 1.807) is 23.9 Å². The molecule has 118 valence electrons. The van der Waals surface area contributed by atoms with Crippen LogP contribution in [0, 0.1) is 5.92 Å². The van der Waals surface area contributed by atoms with Crippen molar-refractivity contribution in [1.82, 2.24) is 20.2 Å². The Morgan fingerprint density at radius 2 is 2.32 bits per heavy atom. The lowest BCUT2D eigenvalue weighted by molar-refractivity contribution is 0.231. The number of imidazole rings is 1. The number of amides is 2. The number of rotatable bonds is 6. The lowest BCUT2D eigenvalue weighted by Crippen LogP contribution is -2.41. The Labute approximate surface area is 134 Å². The van der Waals surface area contributed by atoms with Crippen molar-refractivity contribution in [1.29, 1.82) is 0 Å². The maximum atomic E-state index is 12.2. The first-order chi connectivity index (χ1) is 10.8. The minimum atomic E-state index is -0.0783. The number of aromatic nitrogens is 2. The Morgan fingerprint density at radius 3 is 3.00 bits per heavy atom. The summed E-state index contributed by atoms with van der Waals surface area (Å²) in [6, 6.07) is 4.25. The molecule has 3 rings (SSSR count). The summed E-state index contributed by atoms with van der Waals surface area (Å²) in [6.07, 6.45) is 10.4. The van der Waals surface area contributed by atoms with E-state index in [0.29, 0.717) is 12.5 Å². The zero-order valence-electron chi connectivity index (χ0n) is 12.6. The molecule has 2 N–H and O–H groups in total. The Balaban J connectivity index is 1.52. The van der Waals surface area contributed by atoms with Gasteiger partial charge in [0.2, 0.25) is 0 Å². The minimum Gasteiger partial charge on any atom is -0.336 e. The SMILES string of the molecule is O=C(NCCn1ccnc1)N[C@H](c1cccs1)C1CCCC1. The molecule has 0 bridgehead atoms. The van der Waals surface area contributed by atoms with E-state index < -0.39 is 0 Å². The molecule has 1 aliphatic carbocycles. The highest BCUT2D eigenvalue weighted by atomic mass is 32.1. The second kappa shape index (κ2) is 7.45. The molecule has 0 aromatic carbocycles. The topological polar surface area (TPSA) is 59.0 Å². The van der Waals surface area contributed by atoms with Crippen molar-refractivity contribution in [2.75, 3.05) is 6.54 Å². The number of thiophene rings is 1. The van der Waals surface area contributed by atoms with Gasteiger partial charge in [-0.2, -0.15) is 0 Å². The molecule has 2 aromatic rings. The van der Waals surface area contributed by atoms with Crippen molar-refractivity contribution in [3.8, 4) is 0 Å². The zero-order valence-corrected chi connectivity index (χ0v) is 13.4. The van der Waals surface area contributed by atoms with Gasteiger partial charge in [0.1, 0.15) is 0 Å². The van der Waals surface area contributed by atoms with Crippen LogP contribution in [-0.4, -0.2) is 22.1 Å². The van der Waals surface area contributed by atoms with Gasteiger partial charge in [-0.05, 0) is 30.2 Å². The molecule has 1 atom stereocenters. The standard InChI is InChI=1S/C16H22N4OS/c21-16(18-8-10-20-9-7-17-12-20)19-15(13-4-1-2-5-13)14-6-3-11-22-14/h3,6-7,9,11-13,15H,1-2,4-5,8,10H2,(H2,18,19,21)/t15-/m0/s1. The minimum absolute atomic E-state index is 0.0783. The van der Waals surface area contributed by atoms with Crippen molar-refractivity contribution >= 4 is 17.4 Å². The molecule has 2 amide bonds. The maximum Gasteiger partial charge on any atom is 0.315 e. The van der Waals surface area contributed by atoms with E-state index in [4.69, 9.17) is 0 Å². The highest BCUT2D eigenvalue weighted by Gasteiger charge is 2.28. The lowest BCUT2D eigenvalue weighted by Gasteiger charge is -2.24. The zero-order chi connectivity index (χ0) is 15.2. The highest BCUT2D eigenvalue weighted by molar-refractivity contribution is 7.10. The molecule has 5 nitrogen and oxygen atoms in total. The monoisotopic (exact) mass is 318 g/mol. The third kappa shape index (κ3) is 3.88. The van der Waals surface area contributed by atoms with E-state index in [0.717, 1.165) is 6.54 Å². The summed E-state index contributed by atoms with van der Waals surface area (Å²) in [5, 5.41) is 8.20. The van der Waals surface area contributed by atoms with Crippen molar-refractivity contribution in [3.05, 3.63) is 41.1 Å². The summed E-state index contributed by atoms with van der Waals surface area (Å²) in [7, 11) is 0. The smallest absolute Gasteiger partial charge is 0.315 e. The Morgan fingerprint density at radius 1 is 1.45 bits per heavy atom. The van der Waals surface area contributed by atoms with Crippen LogP contribution in [0.15, 0.2) is 36.2 Å². The van der Waals surface area contributed by atoms with E-state index >= 15 is 0 Å². The molecular formula is C16H22N4OS. The second-order valence-electron chi connectivity index (χ2n) is 5.74. The van der Waals surface area contributed by atoms with Crippen LogP contribution in [0.2, 0.25) is 0 Å². The van der Waals surface area contributed by atoms with Gasteiger partial charge in [0.05, 0.1) is 12.4 Å². The van der Waals surface area contributed by atoms with Gasteiger partial charge in [-0.3, -0.25) is 0 Å². The van der Waals surface area contributed by atoms with Gasteiger partial charge in [-0.25, -0.2) is 9.78 Å². The van der Waals surface area contributed by atoms with Crippen LogP contribution in [0.1, 0.15) is 36.6 Å². The van der Waals surface area contributed by atoms with Crippen LogP contribution in [0.5, 0.6) is 0 Å².